The molecular formula is C12H27ClN2O. The number of unbranched alkanes of at least 4 members (excludes halogenated alkanes) is 1. The third kappa shape index (κ3) is 10.2. The second kappa shape index (κ2) is 11.2. The smallest absolute Gasteiger partial charge is 0.220 e. The lowest BCUT2D eigenvalue weighted by Crippen LogP contribution is -2.40. The number of hydrogen-bond donors (Lipinski definition) is 2. The molecule has 0 heterocycles. The van der Waals surface area contributed by atoms with Crippen LogP contribution in [0.4, 0.5) is 0 Å². The average Bonchev–Trinajstić information content (AvgIpc) is 2.21. The van der Waals surface area contributed by atoms with Gasteiger partial charge in [0.1, 0.15) is 0 Å². The van der Waals surface area contributed by atoms with Gasteiger partial charge in [-0.15, -0.1) is 12.4 Å². The van der Waals surface area contributed by atoms with Crippen LogP contribution in [-0.2, 0) is 4.79 Å². The van der Waals surface area contributed by atoms with Gasteiger partial charge in [-0.3, -0.25) is 4.79 Å². The number of rotatable bonds is 8. The molecule has 1 unspecified atom stereocenters. The Hall–Kier alpha value is -0.280. The summed E-state index contributed by atoms with van der Waals surface area (Å²) in [4.78, 5) is 11.5. The molecule has 0 aliphatic carbocycles. The van der Waals surface area contributed by atoms with E-state index in [-0.39, 0.29) is 24.4 Å². The van der Waals surface area contributed by atoms with Crippen molar-refractivity contribution in [3.63, 3.8) is 0 Å². The lowest BCUT2D eigenvalue weighted by atomic mass is 10.1. The number of carbonyl (C=O) groups is 1. The highest BCUT2D eigenvalue weighted by atomic mass is 35.5. The van der Waals surface area contributed by atoms with Crippen LogP contribution in [-0.4, -0.2) is 18.5 Å². The molecule has 3 nitrogen and oxygen atoms in total. The summed E-state index contributed by atoms with van der Waals surface area (Å²) in [6.07, 6.45) is 4.86. The van der Waals surface area contributed by atoms with Crippen LogP contribution in [0.2, 0.25) is 0 Å². The average molecular weight is 251 g/mol. The zero-order valence-corrected chi connectivity index (χ0v) is 11.6. The Morgan fingerprint density at radius 1 is 1.31 bits per heavy atom. The topological polar surface area (TPSA) is 55.1 Å². The number of nitrogens with two attached hydrogens (primary N) is 1. The van der Waals surface area contributed by atoms with Crippen LogP contribution in [0.15, 0.2) is 0 Å². The van der Waals surface area contributed by atoms with Gasteiger partial charge in [0.15, 0.2) is 0 Å². The molecule has 0 spiro atoms. The molecule has 0 rings (SSSR count). The molecule has 0 radical (unpaired) electrons. The normalized spacial score (nSPS) is 12.1. The van der Waals surface area contributed by atoms with Crippen LogP contribution in [0, 0.1) is 5.92 Å². The fourth-order valence-corrected chi connectivity index (χ4v) is 1.42. The zero-order valence-electron chi connectivity index (χ0n) is 10.8. The maximum atomic E-state index is 11.5. The standard InChI is InChI=1S/C12H26N2O.ClH/c1-4-5-6-11(9-13)14-12(15)8-7-10(2)3;/h10-11H,4-9,13H2,1-3H3,(H,14,15);1H. The van der Waals surface area contributed by atoms with Crippen molar-refractivity contribution in [2.45, 2.75) is 58.9 Å². The van der Waals surface area contributed by atoms with Crippen molar-refractivity contribution in [2.24, 2.45) is 11.7 Å². The summed E-state index contributed by atoms with van der Waals surface area (Å²) >= 11 is 0. The minimum atomic E-state index is 0. The van der Waals surface area contributed by atoms with Gasteiger partial charge in [-0.1, -0.05) is 33.6 Å². The number of amides is 1. The molecule has 98 valence electrons. The van der Waals surface area contributed by atoms with Crippen molar-refractivity contribution in [2.75, 3.05) is 6.54 Å². The minimum Gasteiger partial charge on any atom is -0.352 e. The Morgan fingerprint density at radius 2 is 1.94 bits per heavy atom. The van der Waals surface area contributed by atoms with Crippen LogP contribution in [0.3, 0.4) is 0 Å². The predicted molar refractivity (Wildman–Crippen MR) is 71.8 cm³/mol. The first kappa shape index (κ1) is 18.1. The summed E-state index contributed by atoms with van der Waals surface area (Å²) < 4.78 is 0. The highest BCUT2D eigenvalue weighted by Gasteiger charge is 2.10. The number of halogens is 1. The van der Waals surface area contributed by atoms with Crippen molar-refractivity contribution in [3.8, 4) is 0 Å². The van der Waals surface area contributed by atoms with E-state index in [1.165, 1.54) is 0 Å². The van der Waals surface area contributed by atoms with Crippen LogP contribution in [0.5, 0.6) is 0 Å². The lowest BCUT2D eigenvalue weighted by molar-refractivity contribution is -0.122. The quantitative estimate of drug-likeness (QED) is 0.696. The third-order valence-electron chi connectivity index (χ3n) is 2.50. The monoisotopic (exact) mass is 250 g/mol. The molecule has 0 fully saturated rings. The second-order valence-electron chi connectivity index (χ2n) is 4.57. The molecule has 0 aromatic heterocycles. The fraction of sp³-hybridized carbons (Fsp3) is 0.917. The molecule has 1 atom stereocenters. The van der Waals surface area contributed by atoms with E-state index in [9.17, 15) is 4.79 Å². The van der Waals surface area contributed by atoms with Crippen molar-refractivity contribution in [1.82, 2.24) is 5.32 Å². The number of carbonyl (C=O) groups excluding carboxylic acids is 1. The number of hydrogen-bond acceptors (Lipinski definition) is 2. The Kier molecular flexibility index (Phi) is 12.7. The number of nitrogens with one attached hydrogen (secondary N) is 1. The summed E-state index contributed by atoms with van der Waals surface area (Å²) in [7, 11) is 0. The maximum absolute atomic E-state index is 11.5. The van der Waals surface area contributed by atoms with E-state index in [0.29, 0.717) is 18.9 Å². The van der Waals surface area contributed by atoms with Gasteiger partial charge in [0.25, 0.3) is 0 Å². The molecule has 3 N–H and O–H groups in total. The van der Waals surface area contributed by atoms with E-state index in [1.807, 2.05) is 0 Å². The summed E-state index contributed by atoms with van der Waals surface area (Å²) in [6.45, 7) is 6.96. The Labute approximate surface area is 106 Å². The van der Waals surface area contributed by atoms with Crippen LogP contribution in [0.25, 0.3) is 0 Å². The molecule has 4 heteroatoms. The van der Waals surface area contributed by atoms with Crippen molar-refractivity contribution >= 4 is 18.3 Å². The van der Waals surface area contributed by atoms with Gasteiger partial charge in [0, 0.05) is 19.0 Å². The molecule has 0 bridgehead atoms. The van der Waals surface area contributed by atoms with E-state index >= 15 is 0 Å². The van der Waals surface area contributed by atoms with E-state index in [4.69, 9.17) is 5.73 Å². The van der Waals surface area contributed by atoms with Gasteiger partial charge in [0.2, 0.25) is 5.91 Å². The van der Waals surface area contributed by atoms with Crippen molar-refractivity contribution in [1.29, 1.82) is 0 Å². The summed E-state index contributed by atoms with van der Waals surface area (Å²) in [5.74, 6) is 0.734. The van der Waals surface area contributed by atoms with Crippen LogP contribution >= 0.6 is 12.4 Å². The van der Waals surface area contributed by atoms with Gasteiger partial charge >= 0.3 is 0 Å². The highest BCUT2D eigenvalue weighted by molar-refractivity contribution is 5.85. The maximum Gasteiger partial charge on any atom is 0.220 e. The first-order chi connectivity index (χ1) is 7.10. The third-order valence-corrected chi connectivity index (χ3v) is 2.50. The molecular weight excluding hydrogens is 224 g/mol. The molecule has 0 aromatic carbocycles. The molecule has 0 saturated carbocycles. The van der Waals surface area contributed by atoms with Gasteiger partial charge < -0.3 is 11.1 Å². The SMILES string of the molecule is CCCCC(CN)NC(=O)CCC(C)C.Cl. The summed E-state index contributed by atoms with van der Waals surface area (Å²) in [5, 5.41) is 2.99. The molecule has 0 aliphatic heterocycles. The van der Waals surface area contributed by atoms with Gasteiger partial charge in [-0.25, -0.2) is 0 Å². The van der Waals surface area contributed by atoms with E-state index in [2.05, 4.69) is 26.1 Å². The molecule has 1 amide bonds. The molecule has 0 aliphatic rings. The predicted octanol–water partition coefficient (Wildman–Crippen LogP) is 2.48. The summed E-state index contributed by atoms with van der Waals surface area (Å²) in [6, 6.07) is 0.171. The Bertz CT molecular complexity index is 174. The Morgan fingerprint density at radius 3 is 2.38 bits per heavy atom. The fourth-order valence-electron chi connectivity index (χ4n) is 1.42. The molecule has 0 saturated heterocycles. The Balaban J connectivity index is 0. The van der Waals surface area contributed by atoms with E-state index in [0.717, 1.165) is 25.7 Å². The highest BCUT2D eigenvalue weighted by Crippen LogP contribution is 2.04. The zero-order chi connectivity index (χ0) is 11.7. The van der Waals surface area contributed by atoms with Gasteiger partial charge in [-0.05, 0) is 18.8 Å². The van der Waals surface area contributed by atoms with Gasteiger partial charge in [0.05, 0.1) is 0 Å². The minimum absolute atomic E-state index is 0. The second-order valence-corrected chi connectivity index (χ2v) is 4.57. The lowest BCUT2D eigenvalue weighted by Gasteiger charge is -2.16. The van der Waals surface area contributed by atoms with Crippen LogP contribution < -0.4 is 11.1 Å². The first-order valence-corrected chi connectivity index (χ1v) is 6.09. The summed E-state index contributed by atoms with van der Waals surface area (Å²) in [5.41, 5.74) is 5.60. The first-order valence-electron chi connectivity index (χ1n) is 6.09. The van der Waals surface area contributed by atoms with Crippen LogP contribution in [0.1, 0.15) is 52.9 Å². The van der Waals surface area contributed by atoms with E-state index < -0.39 is 0 Å². The van der Waals surface area contributed by atoms with Crippen molar-refractivity contribution in [3.05, 3.63) is 0 Å². The molecule has 0 aromatic rings. The molecule has 16 heavy (non-hydrogen) atoms. The largest absolute Gasteiger partial charge is 0.352 e. The van der Waals surface area contributed by atoms with Crippen molar-refractivity contribution < 1.29 is 4.79 Å². The van der Waals surface area contributed by atoms with E-state index in [1.54, 1.807) is 0 Å². The van der Waals surface area contributed by atoms with Gasteiger partial charge in [-0.2, -0.15) is 0 Å².